The van der Waals surface area contributed by atoms with Crippen LogP contribution in [0.2, 0.25) is 0 Å². The van der Waals surface area contributed by atoms with Gasteiger partial charge in [-0.05, 0) is 24.1 Å². The third-order valence-corrected chi connectivity index (χ3v) is 3.10. The molecule has 108 valence electrons. The van der Waals surface area contributed by atoms with Crippen LogP contribution < -0.4 is 9.44 Å². The van der Waals surface area contributed by atoms with E-state index in [0.29, 0.717) is 6.42 Å². The molecule has 19 heavy (non-hydrogen) atoms. The fraction of sp³-hybridized carbons (Fsp3) is 0.400. The van der Waals surface area contributed by atoms with Crippen LogP contribution in [0.1, 0.15) is 5.56 Å². The molecule has 0 radical (unpaired) electrons. The highest BCUT2D eigenvalue weighted by Crippen LogP contribution is 2.14. The van der Waals surface area contributed by atoms with E-state index in [4.69, 9.17) is 5.11 Å². The Balaban J connectivity index is 2.62. The van der Waals surface area contributed by atoms with E-state index in [9.17, 15) is 21.6 Å². The Morgan fingerprint density at radius 2 is 1.74 bits per heavy atom. The summed E-state index contributed by atoms with van der Waals surface area (Å²) in [5.74, 6) is 0. The SMILES string of the molecule is O=S(=O)(NCC(F)(F)F)Nc1ccc(CCO)cc1. The zero-order valence-electron chi connectivity index (χ0n) is 9.74. The quantitative estimate of drug-likeness (QED) is 0.734. The van der Waals surface area contributed by atoms with Gasteiger partial charge in [-0.25, -0.2) is 0 Å². The Kier molecular flexibility index (Phi) is 5.15. The number of anilines is 1. The van der Waals surface area contributed by atoms with Gasteiger partial charge >= 0.3 is 6.18 Å². The monoisotopic (exact) mass is 298 g/mol. The lowest BCUT2D eigenvalue weighted by molar-refractivity contribution is -0.121. The van der Waals surface area contributed by atoms with E-state index < -0.39 is 22.9 Å². The summed E-state index contributed by atoms with van der Waals surface area (Å²) >= 11 is 0. The minimum Gasteiger partial charge on any atom is -0.396 e. The van der Waals surface area contributed by atoms with Gasteiger partial charge in [-0.1, -0.05) is 12.1 Å². The molecule has 0 spiro atoms. The lowest BCUT2D eigenvalue weighted by atomic mass is 10.1. The predicted molar refractivity (Wildman–Crippen MR) is 63.8 cm³/mol. The van der Waals surface area contributed by atoms with Crippen molar-refractivity contribution < 1.29 is 26.7 Å². The molecule has 0 aliphatic carbocycles. The minimum absolute atomic E-state index is 0.0434. The van der Waals surface area contributed by atoms with Gasteiger partial charge in [0.2, 0.25) is 0 Å². The Morgan fingerprint density at radius 3 is 2.21 bits per heavy atom. The first-order valence-electron chi connectivity index (χ1n) is 5.26. The highest BCUT2D eigenvalue weighted by molar-refractivity contribution is 7.90. The first-order chi connectivity index (χ1) is 8.72. The Bertz CT molecular complexity index is 500. The summed E-state index contributed by atoms with van der Waals surface area (Å²) in [6.45, 7) is -1.68. The molecule has 5 nitrogen and oxygen atoms in total. The Morgan fingerprint density at radius 1 is 1.16 bits per heavy atom. The lowest BCUT2D eigenvalue weighted by Crippen LogP contribution is -2.37. The van der Waals surface area contributed by atoms with Crippen molar-refractivity contribution in [3.05, 3.63) is 29.8 Å². The number of hydrogen-bond donors (Lipinski definition) is 3. The number of aliphatic hydroxyl groups is 1. The van der Waals surface area contributed by atoms with Crippen LogP contribution in [-0.2, 0) is 16.6 Å². The van der Waals surface area contributed by atoms with Crippen molar-refractivity contribution in [1.82, 2.24) is 4.72 Å². The Hall–Kier alpha value is -1.32. The average Bonchev–Trinajstić information content (AvgIpc) is 2.29. The molecule has 0 fully saturated rings. The van der Waals surface area contributed by atoms with E-state index in [1.54, 1.807) is 12.1 Å². The van der Waals surface area contributed by atoms with Crippen molar-refractivity contribution in [2.75, 3.05) is 17.9 Å². The molecule has 0 saturated heterocycles. The summed E-state index contributed by atoms with van der Waals surface area (Å²) in [6.07, 6.45) is -4.20. The molecule has 0 bridgehead atoms. The van der Waals surface area contributed by atoms with Crippen LogP contribution in [0.4, 0.5) is 18.9 Å². The molecule has 0 atom stereocenters. The molecule has 1 aromatic carbocycles. The predicted octanol–water partition coefficient (Wildman–Crippen LogP) is 1.03. The summed E-state index contributed by atoms with van der Waals surface area (Å²) in [5, 5.41) is 8.69. The molecule has 0 saturated carbocycles. The number of rotatable bonds is 6. The highest BCUT2D eigenvalue weighted by atomic mass is 32.2. The van der Waals surface area contributed by atoms with Gasteiger partial charge in [0.1, 0.15) is 6.54 Å². The summed E-state index contributed by atoms with van der Waals surface area (Å²) in [5.41, 5.74) is 0.921. The lowest BCUT2D eigenvalue weighted by Gasteiger charge is -2.11. The molecule has 0 unspecified atom stereocenters. The number of hydrogen-bond acceptors (Lipinski definition) is 3. The summed E-state index contributed by atoms with van der Waals surface area (Å²) in [4.78, 5) is 0. The van der Waals surface area contributed by atoms with Crippen LogP contribution in [0, 0.1) is 0 Å². The fourth-order valence-corrected chi connectivity index (χ4v) is 2.11. The van der Waals surface area contributed by atoms with E-state index in [-0.39, 0.29) is 12.3 Å². The second-order valence-electron chi connectivity index (χ2n) is 3.71. The van der Waals surface area contributed by atoms with Gasteiger partial charge in [0.25, 0.3) is 10.2 Å². The van der Waals surface area contributed by atoms with Gasteiger partial charge in [0.15, 0.2) is 0 Å². The first-order valence-corrected chi connectivity index (χ1v) is 6.74. The first kappa shape index (κ1) is 15.7. The van der Waals surface area contributed by atoms with Crippen LogP contribution in [0.25, 0.3) is 0 Å². The van der Waals surface area contributed by atoms with Crippen molar-refractivity contribution in [2.24, 2.45) is 0 Å². The van der Waals surface area contributed by atoms with Gasteiger partial charge in [-0.15, -0.1) is 0 Å². The molecule has 0 aliphatic heterocycles. The van der Waals surface area contributed by atoms with E-state index in [0.717, 1.165) is 5.56 Å². The fourth-order valence-electron chi connectivity index (χ4n) is 1.24. The van der Waals surface area contributed by atoms with Crippen LogP contribution in [0.3, 0.4) is 0 Å². The molecule has 1 rings (SSSR count). The van der Waals surface area contributed by atoms with Gasteiger partial charge in [0.05, 0.1) is 0 Å². The van der Waals surface area contributed by atoms with Crippen LogP contribution >= 0.6 is 0 Å². The summed E-state index contributed by atoms with van der Waals surface area (Å²) in [6, 6.07) is 5.94. The van der Waals surface area contributed by atoms with Crippen LogP contribution in [0.5, 0.6) is 0 Å². The maximum absolute atomic E-state index is 11.9. The maximum Gasteiger partial charge on any atom is 0.402 e. The van der Waals surface area contributed by atoms with Crippen molar-refractivity contribution in [3.8, 4) is 0 Å². The molecule has 0 heterocycles. The zero-order valence-corrected chi connectivity index (χ0v) is 10.6. The summed E-state index contributed by atoms with van der Waals surface area (Å²) in [7, 11) is -4.26. The van der Waals surface area contributed by atoms with Gasteiger partial charge in [0, 0.05) is 12.3 Å². The minimum atomic E-state index is -4.61. The van der Waals surface area contributed by atoms with E-state index >= 15 is 0 Å². The molecule has 1 aromatic rings. The molecule has 0 aromatic heterocycles. The zero-order chi connectivity index (χ0) is 14.5. The third kappa shape index (κ3) is 6.41. The van der Waals surface area contributed by atoms with Gasteiger partial charge < -0.3 is 5.11 Å². The van der Waals surface area contributed by atoms with Crippen LogP contribution in [0.15, 0.2) is 24.3 Å². The normalized spacial score (nSPS) is 12.4. The molecule has 0 aliphatic rings. The van der Waals surface area contributed by atoms with Gasteiger partial charge in [-0.2, -0.15) is 26.3 Å². The highest BCUT2D eigenvalue weighted by Gasteiger charge is 2.29. The largest absolute Gasteiger partial charge is 0.402 e. The molecule has 0 amide bonds. The second kappa shape index (κ2) is 6.22. The van der Waals surface area contributed by atoms with Crippen molar-refractivity contribution in [1.29, 1.82) is 0 Å². The molecule has 9 heteroatoms. The number of benzene rings is 1. The van der Waals surface area contributed by atoms with Crippen molar-refractivity contribution >= 4 is 15.9 Å². The molecule has 3 N–H and O–H groups in total. The van der Waals surface area contributed by atoms with Crippen molar-refractivity contribution in [3.63, 3.8) is 0 Å². The number of halogens is 3. The maximum atomic E-state index is 11.9. The van der Waals surface area contributed by atoms with E-state index in [1.165, 1.54) is 16.9 Å². The Labute approximate surface area is 108 Å². The van der Waals surface area contributed by atoms with E-state index in [2.05, 4.69) is 0 Å². The topological polar surface area (TPSA) is 78.4 Å². The average molecular weight is 298 g/mol. The molecular formula is C10H13F3N2O3S. The number of alkyl halides is 3. The number of nitrogens with one attached hydrogen (secondary N) is 2. The number of aliphatic hydroxyl groups excluding tert-OH is 1. The summed E-state index contributed by atoms with van der Waals surface area (Å²) < 4.78 is 61.6. The van der Waals surface area contributed by atoms with Crippen LogP contribution in [-0.4, -0.2) is 32.9 Å². The van der Waals surface area contributed by atoms with Gasteiger partial charge in [-0.3, -0.25) is 4.72 Å². The van der Waals surface area contributed by atoms with E-state index in [1.807, 2.05) is 4.72 Å². The van der Waals surface area contributed by atoms with Crippen molar-refractivity contribution in [2.45, 2.75) is 12.6 Å². The second-order valence-corrected chi connectivity index (χ2v) is 5.21. The molecular weight excluding hydrogens is 285 g/mol. The smallest absolute Gasteiger partial charge is 0.396 e. The standard InChI is InChI=1S/C10H13F3N2O3S/c11-10(12,13)7-14-19(17,18)15-9-3-1-8(2-4-9)5-6-16/h1-4,14-16H,5-7H2. The third-order valence-electron chi connectivity index (χ3n) is 2.07.